The van der Waals surface area contributed by atoms with E-state index < -0.39 is 5.41 Å². The number of methoxy groups -OCH3 is 1. The molecule has 3 heteroatoms. The van der Waals surface area contributed by atoms with Crippen LogP contribution in [0.4, 0.5) is 0 Å². The maximum atomic E-state index is 13.7. The van der Waals surface area contributed by atoms with Crippen molar-refractivity contribution in [3.8, 4) is 5.75 Å². The molecule has 27 heavy (non-hydrogen) atoms. The Balaban J connectivity index is 1.80. The van der Waals surface area contributed by atoms with Crippen molar-refractivity contribution in [2.24, 2.45) is 16.3 Å². The van der Waals surface area contributed by atoms with Gasteiger partial charge in [0.15, 0.2) is 0 Å². The van der Waals surface area contributed by atoms with Crippen LogP contribution in [-0.4, -0.2) is 24.1 Å². The number of carbonyl (C=O) groups is 1. The van der Waals surface area contributed by atoms with Crippen LogP contribution in [0, 0.1) is 18.3 Å². The van der Waals surface area contributed by atoms with Gasteiger partial charge in [-0.3, -0.25) is 9.79 Å². The van der Waals surface area contributed by atoms with Crippen molar-refractivity contribution in [3.05, 3.63) is 41.0 Å². The molecule has 1 aromatic carbocycles. The Labute approximate surface area is 162 Å². The van der Waals surface area contributed by atoms with Gasteiger partial charge in [-0.1, -0.05) is 42.2 Å². The van der Waals surface area contributed by atoms with Crippen LogP contribution in [-0.2, 0) is 4.79 Å². The lowest BCUT2D eigenvalue weighted by molar-refractivity contribution is -0.127. The molecule has 2 aliphatic carbocycles. The van der Waals surface area contributed by atoms with Gasteiger partial charge >= 0.3 is 0 Å². The fourth-order valence-electron chi connectivity index (χ4n) is 6.03. The molecule has 1 heterocycles. The maximum Gasteiger partial charge on any atom is 0.149 e. The molecule has 0 N–H and O–H groups in total. The highest BCUT2D eigenvalue weighted by Gasteiger charge is 2.60. The molecular formula is C24H31NO2. The second-order valence-corrected chi connectivity index (χ2v) is 9.04. The van der Waals surface area contributed by atoms with Gasteiger partial charge < -0.3 is 4.74 Å². The third-order valence-electron chi connectivity index (χ3n) is 7.36. The van der Waals surface area contributed by atoms with E-state index in [1.807, 2.05) is 6.07 Å². The highest BCUT2D eigenvalue weighted by atomic mass is 16.5. The van der Waals surface area contributed by atoms with E-state index in [0.717, 1.165) is 29.9 Å². The van der Waals surface area contributed by atoms with E-state index in [1.54, 1.807) is 7.11 Å². The van der Waals surface area contributed by atoms with Gasteiger partial charge in [0.1, 0.15) is 11.5 Å². The molecule has 144 valence electrons. The van der Waals surface area contributed by atoms with Crippen molar-refractivity contribution in [1.82, 2.24) is 0 Å². The van der Waals surface area contributed by atoms with Crippen molar-refractivity contribution >= 4 is 11.5 Å². The minimum Gasteiger partial charge on any atom is -0.496 e. The number of benzene rings is 1. The van der Waals surface area contributed by atoms with E-state index in [2.05, 4.69) is 45.9 Å². The van der Waals surface area contributed by atoms with Crippen molar-refractivity contribution in [2.75, 3.05) is 7.11 Å². The molecule has 0 saturated heterocycles. The summed E-state index contributed by atoms with van der Waals surface area (Å²) in [6.07, 6.45) is 7.46. The first-order chi connectivity index (χ1) is 12.8. The molecule has 0 aromatic heterocycles. The highest BCUT2D eigenvalue weighted by Crippen LogP contribution is 2.57. The van der Waals surface area contributed by atoms with E-state index in [9.17, 15) is 4.79 Å². The van der Waals surface area contributed by atoms with Crippen LogP contribution in [0.5, 0.6) is 5.75 Å². The smallest absolute Gasteiger partial charge is 0.149 e. The van der Waals surface area contributed by atoms with Crippen LogP contribution in [0.25, 0.3) is 0 Å². The number of allylic oxidation sites excluding steroid dienone is 2. The lowest BCUT2D eigenvalue weighted by atomic mass is 9.56. The quantitative estimate of drug-likeness (QED) is 0.657. The Kier molecular flexibility index (Phi) is 4.32. The minimum absolute atomic E-state index is 0.0668. The molecule has 1 aliphatic heterocycles. The number of rotatable bonds is 2. The second kappa shape index (κ2) is 6.32. The number of nitrogens with zero attached hydrogens (tertiary/aromatic N) is 1. The first-order valence-electron chi connectivity index (χ1n) is 10.3. The number of hydrogen-bond donors (Lipinski definition) is 0. The fraction of sp³-hybridized carbons (Fsp3) is 0.583. The van der Waals surface area contributed by atoms with Crippen LogP contribution in [0.1, 0.15) is 69.9 Å². The lowest BCUT2D eigenvalue weighted by Gasteiger charge is -2.44. The van der Waals surface area contributed by atoms with E-state index in [1.165, 1.54) is 24.0 Å². The zero-order chi connectivity index (χ0) is 19.4. The number of hydrogen-bond acceptors (Lipinski definition) is 3. The lowest BCUT2D eigenvalue weighted by Crippen LogP contribution is -2.49. The summed E-state index contributed by atoms with van der Waals surface area (Å²) < 4.78 is 5.61. The SMILES string of the molecule is COc1ccc(C)cc1[C@H]1CC(=O)[C@]2(C=C1C)C(C)=N[C@@]1(C)CCCC[C@@H]21. The molecule has 3 aliphatic rings. The van der Waals surface area contributed by atoms with E-state index in [-0.39, 0.29) is 11.5 Å². The van der Waals surface area contributed by atoms with Gasteiger partial charge in [-0.2, -0.15) is 0 Å². The summed E-state index contributed by atoms with van der Waals surface area (Å²) in [4.78, 5) is 18.7. The van der Waals surface area contributed by atoms with Gasteiger partial charge in [-0.05, 0) is 46.6 Å². The molecule has 0 unspecified atom stereocenters. The molecule has 1 fully saturated rings. The Bertz CT molecular complexity index is 852. The average Bonchev–Trinajstić information content (AvgIpc) is 2.85. The number of aryl methyl sites for hydroxylation is 1. The summed E-state index contributed by atoms with van der Waals surface area (Å²) in [5.74, 6) is 1.64. The summed E-state index contributed by atoms with van der Waals surface area (Å²) >= 11 is 0. The molecule has 4 atom stereocenters. The van der Waals surface area contributed by atoms with Crippen LogP contribution >= 0.6 is 0 Å². The average molecular weight is 366 g/mol. The topological polar surface area (TPSA) is 38.7 Å². The van der Waals surface area contributed by atoms with Crippen LogP contribution in [0.2, 0.25) is 0 Å². The van der Waals surface area contributed by atoms with Crippen molar-refractivity contribution in [2.45, 2.75) is 71.3 Å². The third kappa shape index (κ3) is 2.61. The molecule has 1 aromatic rings. The van der Waals surface area contributed by atoms with Gasteiger partial charge in [0.25, 0.3) is 0 Å². The number of ether oxygens (including phenoxy) is 1. The minimum atomic E-state index is -0.479. The molecule has 1 spiro atoms. The zero-order valence-corrected chi connectivity index (χ0v) is 17.3. The molecular weight excluding hydrogens is 334 g/mol. The molecule has 0 amide bonds. The summed E-state index contributed by atoms with van der Waals surface area (Å²) in [5, 5.41) is 0. The first kappa shape index (κ1) is 18.5. The standard InChI is InChI=1S/C24H31NO2/c1-15-9-10-20(27-5)19(12-15)18-13-22(26)24(14-16(18)2)17(3)25-23(4)11-7-6-8-21(23)24/h9-10,12,14,18,21H,6-8,11,13H2,1-5H3/t18-,21+,23-,24+/m0/s1. The number of Topliss-reactive ketones (excluding diaryl/α,β-unsaturated/α-hetero) is 1. The largest absolute Gasteiger partial charge is 0.496 e. The Morgan fingerprint density at radius 2 is 1.96 bits per heavy atom. The molecule has 1 saturated carbocycles. The fourth-order valence-corrected chi connectivity index (χ4v) is 6.03. The summed E-state index contributed by atoms with van der Waals surface area (Å²) in [5.41, 5.74) is 4.10. The van der Waals surface area contributed by atoms with Crippen LogP contribution < -0.4 is 4.74 Å². The molecule has 0 bridgehead atoms. The number of aliphatic imine (C=N–C) groups is 1. The zero-order valence-electron chi connectivity index (χ0n) is 17.3. The Morgan fingerprint density at radius 1 is 1.19 bits per heavy atom. The van der Waals surface area contributed by atoms with Crippen molar-refractivity contribution in [1.29, 1.82) is 0 Å². The van der Waals surface area contributed by atoms with Crippen LogP contribution in [0.15, 0.2) is 34.8 Å². The van der Waals surface area contributed by atoms with E-state index in [0.29, 0.717) is 18.1 Å². The van der Waals surface area contributed by atoms with Crippen molar-refractivity contribution in [3.63, 3.8) is 0 Å². The third-order valence-corrected chi connectivity index (χ3v) is 7.36. The van der Waals surface area contributed by atoms with Gasteiger partial charge in [0, 0.05) is 29.5 Å². The number of ketones is 1. The molecule has 3 nitrogen and oxygen atoms in total. The maximum absolute atomic E-state index is 13.7. The van der Waals surface area contributed by atoms with Crippen LogP contribution in [0.3, 0.4) is 0 Å². The predicted octanol–water partition coefficient (Wildman–Crippen LogP) is 5.42. The molecule has 0 radical (unpaired) electrons. The van der Waals surface area contributed by atoms with Crippen molar-refractivity contribution < 1.29 is 9.53 Å². The number of carbonyl (C=O) groups excluding carboxylic acids is 1. The van der Waals surface area contributed by atoms with Gasteiger partial charge in [-0.25, -0.2) is 0 Å². The van der Waals surface area contributed by atoms with E-state index in [4.69, 9.17) is 9.73 Å². The summed E-state index contributed by atoms with van der Waals surface area (Å²) in [6, 6.07) is 6.26. The molecule has 4 rings (SSSR count). The number of fused-ring (bicyclic) bond motifs is 2. The predicted molar refractivity (Wildman–Crippen MR) is 110 cm³/mol. The first-order valence-corrected chi connectivity index (χ1v) is 10.3. The Hall–Kier alpha value is -1.90. The summed E-state index contributed by atoms with van der Waals surface area (Å²) in [7, 11) is 1.71. The second-order valence-electron chi connectivity index (χ2n) is 9.04. The highest BCUT2D eigenvalue weighted by molar-refractivity contribution is 6.13. The van der Waals surface area contributed by atoms with Gasteiger partial charge in [0.05, 0.1) is 18.1 Å². The monoisotopic (exact) mass is 365 g/mol. The van der Waals surface area contributed by atoms with Gasteiger partial charge in [0.2, 0.25) is 0 Å². The Morgan fingerprint density at radius 3 is 2.70 bits per heavy atom. The normalized spacial score (nSPS) is 35.7. The van der Waals surface area contributed by atoms with E-state index >= 15 is 0 Å². The summed E-state index contributed by atoms with van der Waals surface area (Å²) in [6.45, 7) is 8.63. The van der Waals surface area contributed by atoms with Gasteiger partial charge in [-0.15, -0.1) is 0 Å².